The fourth-order valence-corrected chi connectivity index (χ4v) is 14.8. The average Bonchev–Trinajstić information content (AvgIpc) is 3.75. The number of hydrogen-bond acceptors (Lipinski definition) is 5. The quantitative estimate of drug-likeness (QED) is 0.255. The van der Waals surface area contributed by atoms with E-state index in [9.17, 15) is 24.3 Å². The highest BCUT2D eigenvalue weighted by molar-refractivity contribution is 5.86. The molecule has 11 atom stereocenters. The lowest BCUT2D eigenvalue weighted by molar-refractivity contribution is -0.247. The largest absolute Gasteiger partial charge is 0.481 e. The lowest BCUT2D eigenvalue weighted by atomic mass is 9.32. The maximum Gasteiger partial charge on any atom is 0.309 e. The molecule has 292 valence electrons. The number of carbonyl (C=O) groups excluding carboxylic acids is 3. The van der Waals surface area contributed by atoms with Crippen molar-refractivity contribution in [1.29, 1.82) is 0 Å². The summed E-state index contributed by atoms with van der Waals surface area (Å²) in [5, 5.41) is 13.2. The zero-order chi connectivity index (χ0) is 37.9. The van der Waals surface area contributed by atoms with Crippen LogP contribution in [0, 0.1) is 67.5 Å². The van der Waals surface area contributed by atoms with Gasteiger partial charge in [-0.2, -0.15) is 0 Å². The third-order valence-corrected chi connectivity index (χ3v) is 18.5. The smallest absolute Gasteiger partial charge is 0.309 e. The van der Waals surface area contributed by atoms with E-state index in [2.05, 4.69) is 58.7 Å². The number of amides is 2. The average molecular weight is 723 g/mol. The van der Waals surface area contributed by atoms with Crippen LogP contribution >= 0.6 is 0 Å². The molecule has 0 aromatic heterocycles. The Morgan fingerprint density at radius 2 is 1.44 bits per heavy atom. The van der Waals surface area contributed by atoms with Gasteiger partial charge in [-0.1, -0.05) is 54.9 Å². The second-order valence-electron chi connectivity index (χ2n) is 21.7. The Labute approximate surface area is 313 Å². The van der Waals surface area contributed by atoms with Crippen LogP contribution < -0.4 is 5.32 Å². The van der Waals surface area contributed by atoms with E-state index in [1.54, 1.807) is 13.8 Å². The lowest BCUT2D eigenvalue weighted by Gasteiger charge is -2.72. The minimum absolute atomic E-state index is 0.00493. The number of likely N-dealkylation sites (tertiary alicyclic amines) is 1. The number of fused-ring (bicyclic) bond motifs is 7. The number of nitrogens with zero attached hydrogens (tertiary/aromatic N) is 1. The van der Waals surface area contributed by atoms with Crippen LogP contribution in [-0.4, -0.2) is 59.0 Å². The summed E-state index contributed by atoms with van der Waals surface area (Å²) in [5.74, 6) is 1.16. The molecule has 0 bridgehead atoms. The van der Waals surface area contributed by atoms with E-state index >= 15 is 0 Å². The Morgan fingerprint density at radius 1 is 0.750 bits per heavy atom. The summed E-state index contributed by atoms with van der Waals surface area (Å²) < 4.78 is 6.17. The number of carboxylic acids is 1. The van der Waals surface area contributed by atoms with Gasteiger partial charge in [0.05, 0.1) is 17.3 Å². The molecule has 2 amide bonds. The zero-order valence-electron chi connectivity index (χ0n) is 34.0. The molecule has 1 aliphatic heterocycles. The van der Waals surface area contributed by atoms with Gasteiger partial charge < -0.3 is 20.1 Å². The van der Waals surface area contributed by atoms with Crippen molar-refractivity contribution in [2.45, 2.75) is 171 Å². The third kappa shape index (κ3) is 5.38. The second-order valence-corrected chi connectivity index (χ2v) is 21.7. The molecule has 52 heavy (non-hydrogen) atoms. The highest BCUT2D eigenvalue weighted by Gasteiger charge is 2.71. The van der Waals surface area contributed by atoms with Gasteiger partial charge in [-0.15, -0.1) is 0 Å². The number of ether oxygens (including phenoxy) is 1. The summed E-state index contributed by atoms with van der Waals surface area (Å²) >= 11 is 0. The fraction of sp³-hybridized carbons (Fsp3) is 0.909. The predicted octanol–water partition coefficient (Wildman–Crippen LogP) is 8.41. The SMILES string of the molecule is CC(C)(CC(=O)OC1CCC2(C)C(CCC3(C)C2CCC2C4CCCC4(C(=O)NC4CC(C(=O)N5CCCC5)C4(C)C)CCC23C)C1(C)C)C(=O)O. The summed E-state index contributed by atoms with van der Waals surface area (Å²) in [5.41, 5.74) is -1.37. The molecule has 0 aromatic rings. The van der Waals surface area contributed by atoms with Gasteiger partial charge in [-0.3, -0.25) is 19.2 Å². The number of carboxylic acid groups (broad SMARTS) is 1. The first-order valence-electron chi connectivity index (χ1n) is 21.2. The van der Waals surface area contributed by atoms with Crippen LogP contribution in [0.1, 0.15) is 159 Å². The van der Waals surface area contributed by atoms with Crippen LogP contribution in [-0.2, 0) is 23.9 Å². The Kier molecular flexibility index (Phi) is 9.14. The molecule has 6 saturated carbocycles. The van der Waals surface area contributed by atoms with Gasteiger partial charge in [0.2, 0.25) is 11.8 Å². The number of carbonyl (C=O) groups is 4. The van der Waals surface area contributed by atoms with Crippen molar-refractivity contribution < 1.29 is 29.0 Å². The topological polar surface area (TPSA) is 113 Å². The van der Waals surface area contributed by atoms with Crippen LogP contribution in [0.3, 0.4) is 0 Å². The molecule has 0 spiro atoms. The third-order valence-electron chi connectivity index (χ3n) is 18.5. The molecular weight excluding hydrogens is 652 g/mol. The molecule has 1 saturated heterocycles. The minimum atomic E-state index is -1.15. The molecule has 7 fully saturated rings. The van der Waals surface area contributed by atoms with E-state index in [-0.39, 0.29) is 62.9 Å². The number of esters is 1. The van der Waals surface area contributed by atoms with Crippen molar-refractivity contribution in [3.05, 3.63) is 0 Å². The second kappa shape index (κ2) is 12.4. The zero-order valence-corrected chi connectivity index (χ0v) is 34.0. The first kappa shape index (κ1) is 38.2. The molecule has 6 aliphatic carbocycles. The Hall–Kier alpha value is -2.12. The van der Waals surface area contributed by atoms with Crippen molar-refractivity contribution in [1.82, 2.24) is 10.2 Å². The van der Waals surface area contributed by atoms with Crippen molar-refractivity contribution in [3.63, 3.8) is 0 Å². The number of hydrogen-bond donors (Lipinski definition) is 2. The first-order chi connectivity index (χ1) is 24.1. The lowest BCUT2D eigenvalue weighted by Crippen LogP contribution is -2.68. The van der Waals surface area contributed by atoms with E-state index in [0.717, 1.165) is 90.1 Å². The monoisotopic (exact) mass is 723 g/mol. The summed E-state index contributed by atoms with van der Waals surface area (Å²) in [6.07, 6.45) is 14.5. The molecular formula is C44H70N2O6. The molecule has 8 heteroatoms. The Balaban J connectivity index is 1.06. The number of aliphatic carboxylic acids is 1. The van der Waals surface area contributed by atoms with E-state index in [0.29, 0.717) is 29.6 Å². The predicted molar refractivity (Wildman–Crippen MR) is 201 cm³/mol. The molecule has 1 heterocycles. The van der Waals surface area contributed by atoms with Crippen molar-refractivity contribution >= 4 is 23.8 Å². The van der Waals surface area contributed by atoms with Gasteiger partial charge in [-0.05, 0) is 143 Å². The fourth-order valence-electron chi connectivity index (χ4n) is 14.8. The van der Waals surface area contributed by atoms with Crippen LogP contribution in [0.2, 0.25) is 0 Å². The molecule has 8 nitrogen and oxygen atoms in total. The van der Waals surface area contributed by atoms with Gasteiger partial charge >= 0.3 is 11.9 Å². The Morgan fingerprint density at radius 3 is 2.10 bits per heavy atom. The van der Waals surface area contributed by atoms with Crippen LogP contribution in [0.25, 0.3) is 0 Å². The molecule has 7 rings (SSSR count). The standard InChI is InChI=1S/C44H70N2O6/c1-38(2,37(50)51)26-34(47)52-33-17-19-41(7)30(40(33,5)6)16-20-43(9)31(41)15-14-27-28-13-12-18-44(28,22-21-42(27,43)8)36(49)45-32-25-29(39(32,3)4)35(48)46-23-10-11-24-46/h27-33H,10-26H2,1-9H3,(H,45,49)(H,50,51). The van der Waals surface area contributed by atoms with Gasteiger partial charge in [0, 0.05) is 30.5 Å². The van der Waals surface area contributed by atoms with Crippen molar-refractivity contribution in [3.8, 4) is 0 Å². The summed E-state index contributed by atoms with van der Waals surface area (Å²) in [7, 11) is 0. The molecule has 2 N–H and O–H groups in total. The normalized spacial score (nSPS) is 44.6. The van der Waals surface area contributed by atoms with Gasteiger partial charge in [0.15, 0.2) is 0 Å². The minimum Gasteiger partial charge on any atom is -0.481 e. The summed E-state index contributed by atoms with van der Waals surface area (Å²) in [6.45, 7) is 21.7. The highest BCUT2D eigenvalue weighted by Crippen LogP contribution is 2.77. The van der Waals surface area contributed by atoms with Crippen LogP contribution in [0.5, 0.6) is 0 Å². The van der Waals surface area contributed by atoms with E-state index in [1.807, 2.05) is 0 Å². The van der Waals surface area contributed by atoms with E-state index in [1.165, 1.54) is 12.8 Å². The molecule has 0 radical (unpaired) electrons. The maximum absolute atomic E-state index is 14.6. The number of rotatable bonds is 7. The van der Waals surface area contributed by atoms with Crippen molar-refractivity contribution in [2.75, 3.05) is 13.1 Å². The number of nitrogens with one attached hydrogen (secondary N) is 1. The van der Waals surface area contributed by atoms with Crippen LogP contribution in [0.4, 0.5) is 0 Å². The molecule has 0 aromatic carbocycles. The van der Waals surface area contributed by atoms with Gasteiger partial charge in [0.25, 0.3) is 0 Å². The van der Waals surface area contributed by atoms with E-state index in [4.69, 9.17) is 4.74 Å². The van der Waals surface area contributed by atoms with Crippen LogP contribution in [0.15, 0.2) is 0 Å². The highest BCUT2D eigenvalue weighted by atomic mass is 16.5. The molecule has 7 aliphatic rings. The van der Waals surface area contributed by atoms with Crippen molar-refractivity contribution in [2.24, 2.45) is 67.5 Å². The molecule has 11 unspecified atom stereocenters. The van der Waals surface area contributed by atoms with E-state index < -0.39 is 17.4 Å². The van der Waals surface area contributed by atoms with Gasteiger partial charge in [0.1, 0.15) is 6.10 Å². The van der Waals surface area contributed by atoms with Gasteiger partial charge in [-0.25, -0.2) is 0 Å². The Bertz CT molecular complexity index is 1480. The summed E-state index contributed by atoms with van der Waals surface area (Å²) in [4.78, 5) is 54.8. The first-order valence-corrected chi connectivity index (χ1v) is 21.2. The summed E-state index contributed by atoms with van der Waals surface area (Å²) in [6, 6.07) is 0.0605. The maximum atomic E-state index is 14.6.